The van der Waals surface area contributed by atoms with Crippen molar-refractivity contribution in [2.45, 2.75) is 112 Å². The van der Waals surface area contributed by atoms with E-state index in [0.717, 1.165) is 36.5 Å². The van der Waals surface area contributed by atoms with Crippen molar-refractivity contribution in [2.75, 3.05) is 0 Å². The molecule has 1 nitrogen and oxygen atoms in total. The van der Waals surface area contributed by atoms with Gasteiger partial charge in [-0.2, -0.15) is 0 Å². The van der Waals surface area contributed by atoms with E-state index in [2.05, 4.69) is 66.7 Å². The molecule has 9 atom stereocenters. The number of rotatable bonds is 5. The normalized spacial score (nSPS) is 45.6. The SMILES string of the molecule is CCC(C)(/C=C/[C@@H](C)[C@H]1CC[C@H]2[C@@H]3CC=C4C[C@@H](O)CC[C@]4(C)[C@H]3CC[C@]12C)C(C)C. The lowest BCUT2D eigenvalue weighted by Gasteiger charge is -2.58. The maximum Gasteiger partial charge on any atom is 0.0577 e. The van der Waals surface area contributed by atoms with Gasteiger partial charge in [0.1, 0.15) is 0 Å². The zero-order valence-electron chi connectivity index (χ0n) is 21.6. The molecule has 1 heteroatoms. The molecule has 176 valence electrons. The molecule has 1 unspecified atom stereocenters. The summed E-state index contributed by atoms with van der Waals surface area (Å²) in [6.45, 7) is 17.3. The monoisotopic (exact) mass is 426 g/mol. The number of hydrogen-bond acceptors (Lipinski definition) is 1. The van der Waals surface area contributed by atoms with Gasteiger partial charge in [-0.15, -0.1) is 0 Å². The lowest BCUT2D eigenvalue weighted by atomic mass is 9.47. The molecule has 0 heterocycles. The molecule has 0 spiro atoms. The molecule has 4 aliphatic carbocycles. The van der Waals surface area contributed by atoms with Crippen molar-refractivity contribution in [3.05, 3.63) is 23.8 Å². The third-order valence-corrected chi connectivity index (χ3v) is 11.6. The van der Waals surface area contributed by atoms with Crippen LogP contribution in [0.1, 0.15) is 106 Å². The van der Waals surface area contributed by atoms with E-state index < -0.39 is 0 Å². The van der Waals surface area contributed by atoms with Gasteiger partial charge in [0, 0.05) is 0 Å². The fraction of sp³-hybridized carbons (Fsp3) is 0.867. The predicted molar refractivity (Wildman–Crippen MR) is 133 cm³/mol. The minimum absolute atomic E-state index is 0.0899. The van der Waals surface area contributed by atoms with Gasteiger partial charge < -0.3 is 5.11 Å². The van der Waals surface area contributed by atoms with Gasteiger partial charge in [-0.05, 0) is 110 Å². The van der Waals surface area contributed by atoms with Crippen molar-refractivity contribution in [2.24, 2.45) is 51.8 Å². The van der Waals surface area contributed by atoms with Crippen LogP contribution >= 0.6 is 0 Å². The molecule has 3 saturated carbocycles. The van der Waals surface area contributed by atoms with E-state index in [1.807, 2.05) is 0 Å². The molecule has 0 amide bonds. The van der Waals surface area contributed by atoms with Crippen LogP contribution < -0.4 is 0 Å². The zero-order chi connectivity index (χ0) is 22.6. The molecule has 4 aliphatic rings. The van der Waals surface area contributed by atoms with Gasteiger partial charge >= 0.3 is 0 Å². The molecule has 0 radical (unpaired) electrons. The molecule has 0 bridgehead atoms. The first-order valence-electron chi connectivity index (χ1n) is 13.6. The van der Waals surface area contributed by atoms with Gasteiger partial charge in [0.05, 0.1) is 6.10 Å². The van der Waals surface area contributed by atoms with Gasteiger partial charge in [-0.3, -0.25) is 0 Å². The number of aliphatic hydroxyl groups excluding tert-OH is 1. The fourth-order valence-electron chi connectivity index (χ4n) is 8.77. The smallest absolute Gasteiger partial charge is 0.0577 e. The standard InChI is InChI=1S/C30H50O/c1-8-28(5,20(2)3)16-13-21(4)25-11-12-26-24-10-9-22-19-23(31)14-17-29(22,6)27(24)15-18-30(25,26)7/h9,13,16,20-21,23-27,31H,8,10-12,14-15,17-19H2,1-7H3/b16-13+/t21-,23+,24+,25-,26+,27+,28?,29+,30-/m1/s1. The number of hydrogen-bond donors (Lipinski definition) is 1. The lowest BCUT2D eigenvalue weighted by Crippen LogP contribution is -2.50. The van der Waals surface area contributed by atoms with Crippen molar-refractivity contribution in [1.82, 2.24) is 0 Å². The maximum atomic E-state index is 10.3. The van der Waals surface area contributed by atoms with Gasteiger partial charge in [0.2, 0.25) is 0 Å². The third-order valence-electron chi connectivity index (χ3n) is 11.6. The number of allylic oxidation sites excluding steroid dienone is 3. The van der Waals surface area contributed by atoms with Crippen LogP contribution in [0.2, 0.25) is 0 Å². The van der Waals surface area contributed by atoms with Crippen molar-refractivity contribution in [1.29, 1.82) is 0 Å². The summed E-state index contributed by atoms with van der Waals surface area (Å²) in [5.41, 5.74) is 2.82. The molecular weight excluding hydrogens is 376 g/mol. The van der Waals surface area contributed by atoms with E-state index in [9.17, 15) is 5.11 Å². The Morgan fingerprint density at radius 3 is 2.52 bits per heavy atom. The van der Waals surface area contributed by atoms with Gasteiger partial charge in [-0.1, -0.05) is 72.3 Å². The van der Waals surface area contributed by atoms with E-state index in [-0.39, 0.29) is 6.10 Å². The second kappa shape index (κ2) is 8.34. The minimum atomic E-state index is -0.0899. The largest absolute Gasteiger partial charge is 0.393 e. The summed E-state index contributed by atoms with van der Waals surface area (Å²) < 4.78 is 0. The van der Waals surface area contributed by atoms with Crippen molar-refractivity contribution in [3.8, 4) is 0 Å². The molecule has 0 aliphatic heterocycles. The predicted octanol–water partition coefficient (Wildman–Crippen LogP) is 8.19. The average Bonchev–Trinajstić information content (AvgIpc) is 3.09. The molecule has 0 aromatic rings. The first kappa shape index (κ1) is 23.6. The second-order valence-corrected chi connectivity index (χ2v) is 13.1. The van der Waals surface area contributed by atoms with Crippen LogP contribution in [-0.2, 0) is 0 Å². The molecule has 4 rings (SSSR count). The van der Waals surface area contributed by atoms with Crippen molar-refractivity contribution < 1.29 is 5.11 Å². The van der Waals surface area contributed by atoms with E-state index in [1.54, 1.807) is 5.57 Å². The Bertz CT molecular complexity index is 718. The van der Waals surface area contributed by atoms with Gasteiger partial charge in [-0.25, -0.2) is 0 Å². The Morgan fingerprint density at radius 1 is 1.10 bits per heavy atom. The number of aliphatic hydroxyl groups is 1. The summed E-state index contributed by atoms with van der Waals surface area (Å²) in [7, 11) is 0. The summed E-state index contributed by atoms with van der Waals surface area (Å²) in [5.74, 6) is 4.85. The lowest BCUT2D eigenvalue weighted by molar-refractivity contribution is -0.0541. The van der Waals surface area contributed by atoms with E-state index in [1.165, 1.54) is 44.9 Å². The summed E-state index contributed by atoms with van der Waals surface area (Å²) in [6, 6.07) is 0. The maximum absolute atomic E-state index is 10.3. The summed E-state index contributed by atoms with van der Waals surface area (Å²) in [6.07, 6.45) is 19.0. The summed E-state index contributed by atoms with van der Waals surface area (Å²) in [5, 5.41) is 10.3. The Morgan fingerprint density at radius 2 is 1.84 bits per heavy atom. The van der Waals surface area contributed by atoms with Crippen LogP contribution in [0.3, 0.4) is 0 Å². The topological polar surface area (TPSA) is 20.2 Å². The molecule has 31 heavy (non-hydrogen) atoms. The van der Waals surface area contributed by atoms with E-state index in [0.29, 0.717) is 28.1 Å². The first-order valence-corrected chi connectivity index (χ1v) is 13.6. The van der Waals surface area contributed by atoms with Crippen molar-refractivity contribution in [3.63, 3.8) is 0 Å². The fourth-order valence-corrected chi connectivity index (χ4v) is 8.77. The molecular formula is C30H50O. The van der Waals surface area contributed by atoms with Crippen molar-refractivity contribution >= 4 is 0 Å². The molecule has 1 N–H and O–H groups in total. The van der Waals surface area contributed by atoms with Crippen LogP contribution in [0.4, 0.5) is 0 Å². The Kier molecular flexibility index (Phi) is 6.35. The molecule has 0 saturated heterocycles. The minimum Gasteiger partial charge on any atom is -0.393 e. The second-order valence-electron chi connectivity index (χ2n) is 13.1. The van der Waals surface area contributed by atoms with E-state index >= 15 is 0 Å². The van der Waals surface area contributed by atoms with Gasteiger partial charge in [0.25, 0.3) is 0 Å². The highest BCUT2D eigenvalue weighted by atomic mass is 16.3. The van der Waals surface area contributed by atoms with E-state index in [4.69, 9.17) is 0 Å². The Labute approximate surface area is 193 Å². The van der Waals surface area contributed by atoms with Crippen LogP contribution in [0, 0.1) is 51.8 Å². The Hall–Kier alpha value is -0.560. The summed E-state index contributed by atoms with van der Waals surface area (Å²) >= 11 is 0. The zero-order valence-corrected chi connectivity index (χ0v) is 21.6. The average molecular weight is 427 g/mol. The highest BCUT2D eigenvalue weighted by molar-refractivity contribution is 5.25. The quantitative estimate of drug-likeness (QED) is 0.439. The number of fused-ring (bicyclic) bond motifs is 5. The molecule has 0 aromatic heterocycles. The van der Waals surface area contributed by atoms with Crippen LogP contribution in [0.15, 0.2) is 23.8 Å². The third kappa shape index (κ3) is 3.79. The molecule has 0 aromatic carbocycles. The molecule has 3 fully saturated rings. The summed E-state index contributed by atoms with van der Waals surface area (Å²) in [4.78, 5) is 0. The highest BCUT2D eigenvalue weighted by Gasteiger charge is 2.59. The van der Waals surface area contributed by atoms with Crippen LogP contribution in [0.25, 0.3) is 0 Å². The Balaban J connectivity index is 1.53. The first-order chi connectivity index (χ1) is 14.5. The van der Waals surface area contributed by atoms with Gasteiger partial charge in [0.15, 0.2) is 0 Å². The highest BCUT2D eigenvalue weighted by Crippen LogP contribution is 2.67. The van der Waals surface area contributed by atoms with Crippen LogP contribution in [-0.4, -0.2) is 11.2 Å². The van der Waals surface area contributed by atoms with Crippen LogP contribution in [0.5, 0.6) is 0 Å².